The fraction of sp³-hybridized carbons (Fsp3) is 0.367. The number of esters is 1. The number of ether oxygens (including phenoxy) is 1. The fourth-order valence-corrected chi connectivity index (χ4v) is 5.73. The highest BCUT2D eigenvalue weighted by molar-refractivity contribution is 9.10. The molecule has 5 rings (SSSR count). The zero-order valence-electron chi connectivity index (χ0n) is 23.3. The van der Waals surface area contributed by atoms with Crippen LogP contribution in [0.3, 0.4) is 0 Å². The number of allylic oxidation sites excluding steroid dienone is 1. The lowest BCUT2D eigenvalue weighted by atomic mass is 9.83. The molecule has 0 spiro atoms. The summed E-state index contributed by atoms with van der Waals surface area (Å²) >= 11 is 3.48. The normalized spacial score (nSPS) is 20.6. The Kier molecular flexibility index (Phi) is 8.58. The topological polar surface area (TPSA) is 138 Å². The van der Waals surface area contributed by atoms with Gasteiger partial charge in [0.25, 0.3) is 5.91 Å². The summed E-state index contributed by atoms with van der Waals surface area (Å²) in [6, 6.07) is 12.6. The van der Waals surface area contributed by atoms with E-state index >= 15 is 0 Å². The van der Waals surface area contributed by atoms with E-state index in [0.29, 0.717) is 42.0 Å². The van der Waals surface area contributed by atoms with Gasteiger partial charge in [0.2, 0.25) is 5.91 Å². The molecule has 1 fully saturated rings. The van der Waals surface area contributed by atoms with Crippen LogP contribution in [0.25, 0.3) is 0 Å². The average Bonchev–Trinajstić information content (AvgIpc) is 3.47. The van der Waals surface area contributed by atoms with Gasteiger partial charge in [-0.2, -0.15) is 0 Å². The third-order valence-corrected chi connectivity index (χ3v) is 8.02. The van der Waals surface area contributed by atoms with Gasteiger partial charge < -0.3 is 19.8 Å². The van der Waals surface area contributed by atoms with E-state index in [2.05, 4.69) is 26.2 Å². The third-order valence-electron chi connectivity index (χ3n) is 7.53. The molecule has 0 saturated carbocycles. The minimum Gasteiger partial charge on any atom is -0.441 e. The first-order chi connectivity index (χ1) is 20.1. The van der Waals surface area contributed by atoms with Crippen molar-refractivity contribution in [3.8, 4) is 0 Å². The number of benzene rings is 2. The van der Waals surface area contributed by atoms with Gasteiger partial charge in [-0.15, -0.1) is 5.10 Å². The molecule has 2 N–H and O–H groups in total. The van der Waals surface area contributed by atoms with Crippen LogP contribution in [0.1, 0.15) is 43.5 Å². The van der Waals surface area contributed by atoms with Gasteiger partial charge >= 0.3 is 5.97 Å². The van der Waals surface area contributed by atoms with Crippen molar-refractivity contribution in [2.75, 3.05) is 16.4 Å². The molecule has 42 heavy (non-hydrogen) atoms. The summed E-state index contributed by atoms with van der Waals surface area (Å²) in [6.07, 6.45) is 6.07. The summed E-state index contributed by atoms with van der Waals surface area (Å²) in [6.45, 7) is 3.86. The molecule has 0 aliphatic carbocycles. The molecule has 12 heteroatoms. The number of fused-ring (bicyclic) bond motifs is 1. The van der Waals surface area contributed by atoms with Crippen LogP contribution in [0.5, 0.6) is 0 Å². The van der Waals surface area contributed by atoms with Crippen molar-refractivity contribution in [3.05, 3.63) is 82.1 Å². The van der Waals surface area contributed by atoms with Gasteiger partial charge in [-0.1, -0.05) is 52.4 Å². The van der Waals surface area contributed by atoms with Crippen LogP contribution in [-0.4, -0.2) is 55.8 Å². The number of hydrogen-bond acceptors (Lipinski definition) is 8. The number of aliphatic hydroxyl groups is 2. The number of amides is 2. The highest BCUT2D eigenvalue weighted by Gasteiger charge is 2.52. The van der Waals surface area contributed by atoms with Crippen LogP contribution in [0.15, 0.2) is 65.3 Å². The molecular weight excluding hydrogens is 606 g/mol. The summed E-state index contributed by atoms with van der Waals surface area (Å²) < 4.78 is 7.68. The molecule has 3 aromatic rings. The Hall–Kier alpha value is -3.87. The summed E-state index contributed by atoms with van der Waals surface area (Å²) in [7, 11) is 0. The Labute approximate surface area is 251 Å². The van der Waals surface area contributed by atoms with Crippen molar-refractivity contribution >= 4 is 45.1 Å². The minimum atomic E-state index is -1.79. The second kappa shape index (κ2) is 12.2. The second-order valence-corrected chi connectivity index (χ2v) is 11.4. The number of carbonyl (C=O) groups is 3. The number of β-lactam (4-membered cyclic amide) rings is 1. The van der Waals surface area contributed by atoms with Crippen LogP contribution < -0.4 is 9.80 Å². The lowest BCUT2D eigenvalue weighted by Gasteiger charge is -2.39. The van der Waals surface area contributed by atoms with Crippen molar-refractivity contribution in [1.82, 2.24) is 15.0 Å². The smallest absolute Gasteiger partial charge is 0.304 e. The maximum Gasteiger partial charge on any atom is 0.304 e. The Morgan fingerprint density at radius 3 is 2.81 bits per heavy atom. The fourth-order valence-electron chi connectivity index (χ4n) is 5.37. The summed E-state index contributed by atoms with van der Waals surface area (Å²) in [5.74, 6) is -1.61. The number of aryl methyl sites for hydroxylation is 1. The molecule has 2 amide bonds. The van der Waals surface area contributed by atoms with Crippen molar-refractivity contribution in [3.63, 3.8) is 0 Å². The number of rotatable bonds is 11. The summed E-state index contributed by atoms with van der Waals surface area (Å²) in [5.41, 5.74) is 1.36. The third kappa shape index (κ3) is 5.74. The number of nitrogens with zero attached hydrogens (tertiary/aromatic N) is 5. The van der Waals surface area contributed by atoms with Gasteiger partial charge in [0.1, 0.15) is 0 Å². The van der Waals surface area contributed by atoms with E-state index < -0.39 is 29.6 Å². The first-order valence-corrected chi connectivity index (χ1v) is 14.5. The predicted molar refractivity (Wildman–Crippen MR) is 157 cm³/mol. The second-order valence-electron chi connectivity index (χ2n) is 10.5. The van der Waals surface area contributed by atoms with Crippen LogP contribution in [0.4, 0.5) is 11.4 Å². The quantitative estimate of drug-likeness (QED) is 0.186. The van der Waals surface area contributed by atoms with E-state index in [4.69, 9.17) is 9.84 Å². The van der Waals surface area contributed by atoms with E-state index in [0.717, 1.165) is 10.0 Å². The number of carbonyl (C=O) groups excluding carboxylic acids is 3. The Bertz CT molecular complexity index is 1540. The molecule has 2 aromatic carbocycles. The van der Waals surface area contributed by atoms with Crippen molar-refractivity contribution < 1.29 is 29.3 Å². The molecule has 220 valence electrons. The maximum atomic E-state index is 13.9. The average molecular weight is 639 g/mol. The molecule has 1 saturated heterocycles. The molecule has 2 aliphatic heterocycles. The first kappa shape index (κ1) is 29.6. The molecule has 3 heterocycles. The van der Waals surface area contributed by atoms with Gasteiger partial charge in [0, 0.05) is 54.3 Å². The predicted octanol–water partition coefficient (Wildman–Crippen LogP) is 3.22. The zero-order valence-corrected chi connectivity index (χ0v) is 24.9. The number of hydrogen-bond donors (Lipinski definition) is 2. The minimum absolute atomic E-state index is 0.0113. The van der Waals surface area contributed by atoms with Crippen molar-refractivity contribution in [1.29, 1.82) is 0 Å². The van der Waals surface area contributed by atoms with Crippen LogP contribution in [0, 0.1) is 5.92 Å². The Morgan fingerprint density at radius 1 is 1.26 bits per heavy atom. The Morgan fingerprint density at radius 2 is 2.07 bits per heavy atom. The highest BCUT2D eigenvalue weighted by Crippen LogP contribution is 2.47. The van der Waals surface area contributed by atoms with Gasteiger partial charge in [0.05, 0.1) is 24.3 Å². The molecule has 1 unspecified atom stereocenters. The maximum absolute atomic E-state index is 13.9. The standard InChI is InChI=1S/C30H32BrN5O6/c1-19(6-3-4-12-34-18-23(11-13-37)32-33-34)30(41)25-15-22(31)9-10-26(25)35(29(30)40)17-21-7-5-8-24(14-21)36-27(39)16-28(36)42-20(2)38/h3,5-10,14-15,18-19,28,37,41H,4,11-13,16-17H2,1-2H3/b6-3+/t19-,28?,30+/m1/s1. The van der Waals surface area contributed by atoms with Crippen molar-refractivity contribution in [2.24, 2.45) is 5.92 Å². The van der Waals surface area contributed by atoms with Gasteiger partial charge in [-0.25, -0.2) is 0 Å². The zero-order chi connectivity index (χ0) is 30.0. The van der Waals surface area contributed by atoms with Crippen LogP contribution >= 0.6 is 15.9 Å². The molecule has 1 aromatic heterocycles. The molecule has 3 atom stereocenters. The monoisotopic (exact) mass is 637 g/mol. The van der Waals surface area contributed by atoms with E-state index in [1.165, 1.54) is 11.8 Å². The Balaban J connectivity index is 1.34. The number of aliphatic hydroxyl groups excluding tert-OH is 1. The van der Waals surface area contributed by atoms with Gasteiger partial charge in [0.15, 0.2) is 11.8 Å². The summed E-state index contributed by atoms with van der Waals surface area (Å²) in [5, 5.41) is 29.1. The lowest BCUT2D eigenvalue weighted by molar-refractivity contribution is -0.153. The lowest BCUT2D eigenvalue weighted by Crippen LogP contribution is -2.54. The number of anilines is 2. The van der Waals surface area contributed by atoms with E-state index in [1.807, 2.05) is 31.2 Å². The molecular formula is C30H32BrN5O6. The van der Waals surface area contributed by atoms with Crippen LogP contribution in [-0.2, 0) is 44.2 Å². The van der Waals surface area contributed by atoms with Gasteiger partial charge in [-0.3, -0.25) is 24.0 Å². The number of halogens is 1. The molecule has 2 aliphatic rings. The molecule has 0 radical (unpaired) electrons. The van der Waals surface area contributed by atoms with Crippen molar-refractivity contribution in [2.45, 2.75) is 58.0 Å². The SMILES string of the molecule is CC(=O)OC1CC(=O)N1c1cccc(CN2C(=O)[C@](O)([C@H](C)/C=C/CCn3cc(CCO)nn3)c3cc(Br)ccc32)c1. The summed E-state index contributed by atoms with van der Waals surface area (Å²) in [4.78, 5) is 40.7. The number of aromatic nitrogens is 3. The van der Waals surface area contributed by atoms with E-state index in [9.17, 15) is 19.5 Å². The van der Waals surface area contributed by atoms with Crippen LogP contribution in [0.2, 0.25) is 0 Å². The van der Waals surface area contributed by atoms with E-state index in [-0.39, 0.29) is 25.5 Å². The van der Waals surface area contributed by atoms with Gasteiger partial charge in [-0.05, 0) is 42.3 Å². The highest BCUT2D eigenvalue weighted by atomic mass is 79.9. The van der Waals surface area contributed by atoms with E-state index in [1.54, 1.807) is 46.1 Å². The molecule has 11 nitrogen and oxygen atoms in total. The molecule has 0 bridgehead atoms. The first-order valence-electron chi connectivity index (χ1n) is 13.7. The largest absolute Gasteiger partial charge is 0.441 e.